The normalized spacial score (nSPS) is 22.0. The lowest BCUT2D eigenvalue weighted by atomic mass is 9.85. The van der Waals surface area contributed by atoms with Crippen molar-refractivity contribution in [2.45, 2.75) is 64.6 Å². The number of carbonyl (C=O) groups is 1. The topological polar surface area (TPSA) is 96.2 Å². The zero-order valence-electron chi connectivity index (χ0n) is 18.1. The predicted octanol–water partition coefficient (Wildman–Crippen LogP) is 5.34. The lowest BCUT2D eigenvalue weighted by Crippen LogP contribution is -2.36. The summed E-state index contributed by atoms with van der Waals surface area (Å²) in [7, 11) is 0. The number of ether oxygens (including phenoxy) is 2. The number of phenolic OH excluding ortho intramolecular Hbond substituents is 3. The van der Waals surface area contributed by atoms with Gasteiger partial charge in [-0.1, -0.05) is 11.6 Å². The molecular weight excluding hydrogens is 396 g/mol. The van der Waals surface area contributed by atoms with Crippen molar-refractivity contribution in [3.8, 4) is 28.7 Å². The maximum atomic E-state index is 12.9. The van der Waals surface area contributed by atoms with Gasteiger partial charge in [0, 0.05) is 23.3 Å². The van der Waals surface area contributed by atoms with Gasteiger partial charge in [0.1, 0.15) is 46.0 Å². The van der Waals surface area contributed by atoms with E-state index in [1.165, 1.54) is 23.8 Å². The van der Waals surface area contributed by atoms with Gasteiger partial charge < -0.3 is 24.8 Å². The summed E-state index contributed by atoms with van der Waals surface area (Å²) >= 11 is 0. The van der Waals surface area contributed by atoms with E-state index >= 15 is 0 Å². The molecule has 0 amide bonds. The summed E-state index contributed by atoms with van der Waals surface area (Å²) in [5.74, 6) is 0.246. The number of hydrogen-bond acceptors (Lipinski definition) is 6. The van der Waals surface area contributed by atoms with E-state index in [1.807, 2.05) is 0 Å². The Hall–Kier alpha value is -3.15. The Morgan fingerprint density at radius 2 is 1.97 bits per heavy atom. The fourth-order valence-corrected chi connectivity index (χ4v) is 4.37. The Balaban J connectivity index is 1.67. The van der Waals surface area contributed by atoms with Crippen molar-refractivity contribution in [3.05, 3.63) is 52.6 Å². The first kappa shape index (κ1) is 21.1. The number of rotatable bonds is 4. The number of allylic oxidation sites excluding steroid dienone is 2. The average molecular weight is 424 g/mol. The van der Waals surface area contributed by atoms with E-state index in [0.717, 1.165) is 24.8 Å². The van der Waals surface area contributed by atoms with E-state index in [-0.39, 0.29) is 40.6 Å². The van der Waals surface area contributed by atoms with Gasteiger partial charge in [0.15, 0.2) is 5.78 Å². The molecule has 0 unspecified atom stereocenters. The molecule has 2 aromatic carbocycles. The quantitative estimate of drug-likeness (QED) is 0.573. The van der Waals surface area contributed by atoms with E-state index in [2.05, 4.69) is 26.8 Å². The van der Waals surface area contributed by atoms with Crippen LogP contribution in [0.5, 0.6) is 28.7 Å². The highest BCUT2D eigenvalue weighted by Gasteiger charge is 2.39. The molecule has 0 aromatic heterocycles. The maximum absolute atomic E-state index is 12.9. The molecule has 6 nitrogen and oxygen atoms in total. The molecule has 4 rings (SSSR count). The van der Waals surface area contributed by atoms with E-state index in [9.17, 15) is 20.1 Å². The Morgan fingerprint density at radius 1 is 1.19 bits per heavy atom. The molecule has 0 aliphatic carbocycles. The molecule has 0 spiro atoms. The average Bonchev–Trinajstić information content (AvgIpc) is 2.66. The number of carbonyl (C=O) groups excluding carboxylic acids is 1. The van der Waals surface area contributed by atoms with Crippen LogP contribution >= 0.6 is 0 Å². The van der Waals surface area contributed by atoms with Crippen molar-refractivity contribution < 1.29 is 29.6 Å². The molecule has 3 N–H and O–H groups in total. The van der Waals surface area contributed by atoms with Crippen LogP contribution in [0.1, 0.15) is 74.0 Å². The Kier molecular flexibility index (Phi) is 5.33. The Labute approximate surface area is 181 Å². The summed E-state index contributed by atoms with van der Waals surface area (Å²) in [4.78, 5) is 12.9. The van der Waals surface area contributed by atoms with Gasteiger partial charge in [-0.3, -0.25) is 4.79 Å². The van der Waals surface area contributed by atoms with Crippen LogP contribution in [-0.2, 0) is 6.42 Å². The first-order valence-corrected chi connectivity index (χ1v) is 10.6. The van der Waals surface area contributed by atoms with Gasteiger partial charge in [0.25, 0.3) is 0 Å². The minimum atomic E-state index is -0.711. The molecule has 164 valence electrons. The smallest absolute Gasteiger partial charge is 0.174 e. The van der Waals surface area contributed by atoms with Crippen molar-refractivity contribution in [2.75, 3.05) is 0 Å². The van der Waals surface area contributed by atoms with Crippen LogP contribution in [0.4, 0.5) is 0 Å². The van der Waals surface area contributed by atoms with E-state index in [4.69, 9.17) is 9.47 Å². The highest BCUT2D eigenvalue weighted by molar-refractivity contribution is 6.03. The lowest BCUT2D eigenvalue weighted by Gasteiger charge is -2.38. The Bertz CT molecular complexity index is 1070. The zero-order valence-corrected chi connectivity index (χ0v) is 18.1. The van der Waals surface area contributed by atoms with Gasteiger partial charge in [-0.25, -0.2) is 0 Å². The fraction of sp³-hybridized carbons (Fsp3) is 0.400. The van der Waals surface area contributed by atoms with Crippen LogP contribution in [-0.4, -0.2) is 26.7 Å². The van der Waals surface area contributed by atoms with E-state index in [0.29, 0.717) is 23.5 Å². The standard InChI is InChI=1S/C25H28O6/c1-14(2)5-4-9-25(3)10-8-17-22(31-25)13-20(29)23-19(28)12-21(30-24(17)23)16-7-6-15(26)11-18(16)27/h5-7,11,13,21,26-27,29H,4,8-10,12H2,1-3H3/t21-,25-/m0/s1. The van der Waals surface area contributed by atoms with Crippen LogP contribution in [0.3, 0.4) is 0 Å². The third kappa shape index (κ3) is 4.07. The number of ketones is 1. The molecule has 31 heavy (non-hydrogen) atoms. The number of fused-ring (bicyclic) bond motifs is 3. The lowest BCUT2D eigenvalue weighted by molar-refractivity contribution is 0.0538. The second-order valence-corrected chi connectivity index (χ2v) is 8.93. The number of Topliss-reactive ketones (excluding diaryl/α,β-unsaturated/α-hetero) is 1. The molecule has 0 saturated heterocycles. The largest absolute Gasteiger partial charge is 0.508 e. The second-order valence-electron chi connectivity index (χ2n) is 8.93. The number of benzene rings is 2. The van der Waals surface area contributed by atoms with Crippen LogP contribution in [0, 0.1) is 0 Å². The number of hydrogen-bond donors (Lipinski definition) is 3. The summed E-state index contributed by atoms with van der Waals surface area (Å²) in [6.45, 7) is 6.20. The maximum Gasteiger partial charge on any atom is 0.174 e. The summed E-state index contributed by atoms with van der Waals surface area (Å²) in [5.41, 5.74) is 2.25. The minimum Gasteiger partial charge on any atom is -0.508 e. The third-order valence-corrected chi connectivity index (χ3v) is 6.08. The minimum absolute atomic E-state index is 0.0149. The van der Waals surface area contributed by atoms with Crippen molar-refractivity contribution >= 4 is 5.78 Å². The van der Waals surface area contributed by atoms with Gasteiger partial charge in [0.2, 0.25) is 0 Å². The van der Waals surface area contributed by atoms with Crippen molar-refractivity contribution in [2.24, 2.45) is 0 Å². The summed E-state index contributed by atoms with van der Waals surface area (Å²) in [6.07, 6.45) is 4.63. The van der Waals surface area contributed by atoms with Crippen molar-refractivity contribution in [1.29, 1.82) is 0 Å². The van der Waals surface area contributed by atoms with Crippen LogP contribution in [0.15, 0.2) is 35.9 Å². The summed E-state index contributed by atoms with van der Waals surface area (Å²) < 4.78 is 12.5. The van der Waals surface area contributed by atoms with Gasteiger partial charge in [-0.05, 0) is 58.6 Å². The molecule has 2 atom stereocenters. The van der Waals surface area contributed by atoms with Crippen molar-refractivity contribution in [3.63, 3.8) is 0 Å². The SMILES string of the molecule is CC(C)=CCC[C@@]1(C)CCc2c(cc(O)c3c2O[C@H](c2ccc(O)cc2O)CC3=O)O1. The van der Waals surface area contributed by atoms with Gasteiger partial charge in [-0.15, -0.1) is 0 Å². The first-order valence-electron chi connectivity index (χ1n) is 10.6. The summed E-state index contributed by atoms with van der Waals surface area (Å²) in [5, 5.41) is 30.4. The highest BCUT2D eigenvalue weighted by Crippen LogP contribution is 2.50. The molecule has 0 bridgehead atoms. The number of aromatic hydroxyl groups is 3. The van der Waals surface area contributed by atoms with Crippen LogP contribution < -0.4 is 9.47 Å². The highest BCUT2D eigenvalue weighted by atomic mass is 16.5. The molecule has 2 heterocycles. The molecule has 2 aromatic rings. The predicted molar refractivity (Wildman–Crippen MR) is 116 cm³/mol. The van der Waals surface area contributed by atoms with Gasteiger partial charge >= 0.3 is 0 Å². The Morgan fingerprint density at radius 3 is 2.68 bits per heavy atom. The molecule has 0 fully saturated rings. The van der Waals surface area contributed by atoms with Crippen molar-refractivity contribution in [1.82, 2.24) is 0 Å². The third-order valence-electron chi connectivity index (χ3n) is 6.08. The second kappa shape index (κ2) is 7.84. The van der Waals surface area contributed by atoms with Crippen LogP contribution in [0.2, 0.25) is 0 Å². The van der Waals surface area contributed by atoms with E-state index < -0.39 is 6.10 Å². The van der Waals surface area contributed by atoms with Crippen LogP contribution in [0.25, 0.3) is 0 Å². The molecule has 2 aliphatic rings. The molecule has 2 aliphatic heterocycles. The molecule has 0 radical (unpaired) electrons. The fourth-order valence-electron chi connectivity index (χ4n) is 4.37. The molecule has 6 heteroatoms. The van der Waals surface area contributed by atoms with Gasteiger partial charge in [0.05, 0.1) is 6.42 Å². The number of phenols is 3. The first-order chi connectivity index (χ1) is 14.7. The van der Waals surface area contributed by atoms with Gasteiger partial charge in [-0.2, -0.15) is 0 Å². The molecular formula is C25H28O6. The summed E-state index contributed by atoms with van der Waals surface area (Å²) in [6, 6.07) is 5.72. The molecule has 0 saturated carbocycles. The zero-order chi connectivity index (χ0) is 22.3. The monoisotopic (exact) mass is 424 g/mol. The van der Waals surface area contributed by atoms with E-state index in [1.54, 1.807) is 6.07 Å².